The number of aromatic nitrogens is 1. The highest BCUT2D eigenvalue weighted by atomic mass is 79.9. The van der Waals surface area contributed by atoms with Gasteiger partial charge in [0.2, 0.25) is 0 Å². The number of rotatable bonds is 2. The standard InChI is InChI=1S/C16H13BrFNOS/c1-10-3-5-12(6-4-10)21(20)19-9-14(17)13-7-8-15(18)11(2)16(13)19/h3-9H,1-2H3. The molecule has 5 heteroatoms. The average molecular weight is 366 g/mol. The summed E-state index contributed by atoms with van der Waals surface area (Å²) in [7, 11) is 0. The highest BCUT2D eigenvalue weighted by Crippen LogP contribution is 2.32. The molecule has 1 atom stereocenters. The van der Waals surface area contributed by atoms with E-state index in [9.17, 15) is 8.94 Å². The molecular formula is C16H13BrFNOS. The molecule has 0 bridgehead atoms. The Balaban J connectivity index is 2.20. The third kappa shape index (κ3) is 2.50. The Morgan fingerprint density at radius 2 is 1.76 bits per heavy atom. The fourth-order valence-electron chi connectivity index (χ4n) is 2.29. The van der Waals surface area contributed by atoms with Crippen LogP contribution in [-0.2, 0) is 11.4 Å². The van der Waals surface area contributed by atoms with E-state index in [0.717, 1.165) is 15.4 Å². The van der Waals surface area contributed by atoms with Crippen molar-refractivity contribution in [3.8, 4) is 0 Å². The first-order valence-electron chi connectivity index (χ1n) is 6.43. The second kappa shape index (κ2) is 5.48. The van der Waals surface area contributed by atoms with Crippen molar-refractivity contribution in [2.24, 2.45) is 0 Å². The number of nitrogens with zero attached hydrogens (tertiary/aromatic N) is 1. The lowest BCUT2D eigenvalue weighted by Gasteiger charge is -2.12. The zero-order valence-electron chi connectivity index (χ0n) is 11.6. The second-order valence-electron chi connectivity index (χ2n) is 4.93. The number of hydrogen-bond donors (Lipinski definition) is 0. The van der Waals surface area contributed by atoms with Gasteiger partial charge in [0.1, 0.15) is 22.7 Å². The van der Waals surface area contributed by atoms with Gasteiger partial charge in [0.15, 0.2) is 4.90 Å². The Morgan fingerprint density at radius 1 is 1.10 bits per heavy atom. The van der Waals surface area contributed by atoms with Crippen molar-refractivity contribution < 1.29 is 8.94 Å². The van der Waals surface area contributed by atoms with Gasteiger partial charge in [-0.3, -0.25) is 0 Å². The predicted octanol–water partition coefficient (Wildman–Crippen LogP) is 4.73. The second-order valence-corrected chi connectivity index (χ2v) is 7.15. The van der Waals surface area contributed by atoms with Gasteiger partial charge in [0.25, 0.3) is 0 Å². The number of benzene rings is 2. The highest BCUT2D eigenvalue weighted by molar-refractivity contribution is 9.10. The van der Waals surface area contributed by atoms with Crippen LogP contribution in [0.1, 0.15) is 11.1 Å². The molecule has 108 valence electrons. The minimum atomic E-state index is -1.41. The van der Waals surface area contributed by atoms with Crippen molar-refractivity contribution in [2.75, 3.05) is 0 Å². The summed E-state index contributed by atoms with van der Waals surface area (Å²) in [5.74, 6) is -0.296. The van der Waals surface area contributed by atoms with Crippen LogP contribution < -0.4 is 0 Å². The van der Waals surface area contributed by atoms with Crippen molar-refractivity contribution in [3.05, 3.63) is 64.0 Å². The number of fused-ring (bicyclic) bond motifs is 1. The van der Waals surface area contributed by atoms with Gasteiger partial charge in [0.05, 0.1) is 6.20 Å². The van der Waals surface area contributed by atoms with Crippen LogP contribution in [0.5, 0.6) is 0 Å². The van der Waals surface area contributed by atoms with E-state index in [-0.39, 0.29) is 5.82 Å². The van der Waals surface area contributed by atoms with E-state index in [0.29, 0.717) is 16.0 Å². The summed E-state index contributed by atoms with van der Waals surface area (Å²) in [6, 6.07) is 10.6. The average Bonchev–Trinajstić information content (AvgIpc) is 2.81. The molecule has 0 aliphatic heterocycles. The minimum Gasteiger partial charge on any atom is -0.587 e. The molecule has 1 unspecified atom stereocenters. The molecule has 0 spiro atoms. The van der Waals surface area contributed by atoms with Gasteiger partial charge in [-0.05, 0) is 54.0 Å². The molecule has 2 nitrogen and oxygen atoms in total. The first-order valence-corrected chi connectivity index (χ1v) is 8.33. The third-order valence-electron chi connectivity index (χ3n) is 3.47. The lowest BCUT2D eigenvalue weighted by atomic mass is 10.1. The monoisotopic (exact) mass is 365 g/mol. The summed E-state index contributed by atoms with van der Waals surface area (Å²) >= 11 is 2.04. The molecule has 0 N–H and O–H groups in total. The molecule has 0 saturated carbocycles. The summed E-state index contributed by atoms with van der Waals surface area (Å²) in [6.45, 7) is 3.68. The summed E-state index contributed by atoms with van der Waals surface area (Å²) in [5, 5.41) is 0.856. The number of halogens is 2. The third-order valence-corrected chi connectivity index (χ3v) is 5.43. The van der Waals surface area contributed by atoms with Crippen molar-refractivity contribution in [2.45, 2.75) is 18.7 Å². The molecule has 21 heavy (non-hydrogen) atoms. The van der Waals surface area contributed by atoms with Crippen LogP contribution >= 0.6 is 15.9 Å². The van der Waals surface area contributed by atoms with Gasteiger partial charge in [-0.15, -0.1) is 0 Å². The van der Waals surface area contributed by atoms with E-state index in [1.807, 2.05) is 31.2 Å². The molecule has 3 rings (SSSR count). The Labute approximate surface area is 134 Å². The topological polar surface area (TPSA) is 28.0 Å². The molecule has 1 heterocycles. The van der Waals surface area contributed by atoms with Gasteiger partial charge >= 0.3 is 0 Å². The van der Waals surface area contributed by atoms with Crippen LogP contribution in [0.25, 0.3) is 10.9 Å². The van der Waals surface area contributed by atoms with Gasteiger partial charge in [-0.25, -0.2) is 4.39 Å². The SMILES string of the molecule is Cc1ccc([S+]([O-])n2cc(Br)c3ccc(F)c(C)c32)cc1. The quantitative estimate of drug-likeness (QED) is 0.603. The molecular weight excluding hydrogens is 353 g/mol. The Morgan fingerprint density at radius 3 is 2.43 bits per heavy atom. The fraction of sp³-hybridized carbons (Fsp3) is 0.125. The van der Waals surface area contributed by atoms with E-state index >= 15 is 0 Å². The smallest absolute Gasteiger partial charge is 0.180 e. The zero-order chi connectivity index (χ0) is 15.1. The van der Waals surface area contributed by atoms with E-state index in [2.05, 4.69) is 15.9 Å². The number of hydrogen-bond acceptors (Lipinski definition) is 1. The molecule has 0 amide bonds. The van der Waals surface area contributed by atoms with Gasteiger partial charge in [-0.1, -0.05) is 17.7 Å². The predicted molar refractivity (Wildman–Crippen MR) is 87.3 cm³/mol. The lowest BCUT2D eigenvalue weighted by molar-refractivity contribution is 0.587. The molecule has 2 aromatic carbocycles. The largest absolute Gasteiger partial charge is 0.587 e. The molecule has 1 aromatic heterocycles. The van der Waals surface area contributed by atoms with Gasteiger partial charge in [0, 0.05) is 15.4 Å². The maximum Gasteiger partial charge on any atom is 0.180 e. The molecule has 3 aromatic rings. The minimum absolute atomic E-state index is 0.296. The van der Waals surface area contributed by atoms with Crippen LogP contribution in [0.4, 0.5) is 4.39 Å². The first kappa shape index (κ1) is 14.6. The zero-order valence-corrected chi connectivity index (χ0v) is 14.0. The van der Waals surface area contributed by atoms with Crippen LogP contribution in [0.15, 0.2) is 52.0 Å². The normalized spacial score (nSPS) is 12.8. The highest BCUT2D eigenvalue weighted by Gasteiger charge is 2.21. The molecule has 0 saturated heterocycles. The number of aryl methyl sites for hydroxylation is 2. The van der Waals surface area contributed by atoms with Gasteiger partial charge < -0.3 is 4.55 Å². The van der Waals surface area contributed by atoms with Crippen molar-refractivity contribution >= 4 is 38.2 Å². The Bertz CT molecular complexity index is 813. The molecule has 0 radical (unpaired) electrons. The Kier molecular flexibility index (Phi) is 3.82. The van der Waals surface area contributed by atoms with Crippen LogP contribution in [0, 0.1) is 19.7 Å². The van der Waals surface area contributed by atoms with Crippen molar-refractivity contribution in [1.29, 1.82) is 0 Å². The van der Waals surface area contributed by atoms with Crippen LogP contribution in [0.3, 0.4) is 0 Å². The van der Waals surface area contributed by atoms with Crippen LogP contribution in [0.2, 0.25) is 0 Å². The van der Waals surface area contributed by atoms with Crippen LogP contribution in [-0.4, -0.2) is 8.53 Å². The summed E-state index contributed by atoms with van der Waals surface area (Å²) in [6.07, 6.45) is 1.74. The summed E-state index contributed by atoms with van der Waals surface area (Å²) in [5.41, 5.74) is 2.26. The maximum absolute atomic E-state index is 13.8. The summed E-state index contributed by atoms with van der Waals surface area (Å²) < 4.78 is 29.0. The van der Waals surface area contributed by atoms with Gasteiger partial charge in [-0.2, -0.15) is 3.97 Å². The van der Waals surface area contributed by atoms with E-state index in [1.165, 1.54) is 6.07 Å². The van der Waals surface area contributed by atoms with E-state index in [4.69, 9.17) is 0 Å². The maximum atomic E-state index is 13.8. The summed E-state index contributed by atoms with van der Waals surface area (Å²) in [4.78, 5) is 0.689. The van der Waals surface area contributed by atoms with E-state index in [1.54, 1.807) is 23.2 Å². The van der Waals surface area contributed by atoms with E-state index < -0.39 is 11.4 Å². The molecule has 0 aliphatic rings. The lowest BCUT2D eigenvalue weighted by Crippen LogP contribution is -2.12. The Hall–Kier alpha value is -1.30. The van der Waals surface area contributed by atoms with Crippen molar-refractivity contribution in [1.82, 2.24) is 3.97 Å². The van der Waals surface area contributed by atoms with Crippen molar-refractivity contribution in [3.63, 3.8) is 0 Å². The molecule has 0 fully saturated rings. The first-order chi connectivity index (χ1) is 9.99. The molecule has 0 aliphatic carbocycles. The fourth-order valence-corrected chi connectivity index (χ4v) is 4.15.